The maximum atomic E-state index is 12.1. The summed E-state index contributed by atoms with van der Waals surface area (Å²) in [4.78, 5) is 34.3. The van der Waals surface area contributed by atoms with Crippen LogP contribution in [0.1, 0.15) is 0 Å². The predicted molar refractivity (Wildman–Crippen MR) is 105 cm³/mol. The molecule has 27 heavy (non-hydrogen) atoms. The Bertz CT molecular complexity index is 1000. The number of carbonyl (C=O) groups excluding carboxylic acids is 1. The van der Waals surface area contributed by atoms with Crippen molar-refractivity contribution in [3.05, 3.63) is 46.2 Å². The van der Waals surface area contributed by atoms with Gasteiger partial charge in [0.2, 0.25) is 5.91 Å². The maximum Gasteiger partial charge on any atom is 0.251 e. The molecule has 0 bridgehead atoms. The van der Waals surface area contributed by atoms with Gasteiger partial charge >= 0.3 is 0 Å². The molecule has 2 N–H and O–H groups in total. The summed E-state index contributed by atoms with van der Waals surface area (Å²) in [6, 6.07) is 6.81. The van der Waals surface area contributed by atoms with E-state index in [4.69, 9.17) is 9.47 Å². The number of ether oxygens (including phenoxy) is 2. The van der Waals surface area contributed by atoms with Gasteiger partial charge in [0, 0.05) is 23.2 Å². The van der Waals surface area contributed by atoms with Crippen LogP contribution in [-0.2, 0) is 4.79 Å². The zero-order valence-electron chi connectivity index (χ0n) is 14.5. The Morgan fingerprint density at radius 2 is 2.07 bits per heavy atom. The molecule has 0 saturated heterocycles. The van der Waals surface area contributed by atoms with Crippen LogP contribution < -0.4 is 20.3 Å². The number of amides is 1. The van der Waals surface area contributed by atoms with Gasteiger partial charge in [0.1, 0.15) is 0 Å². The van der Waals surface area contributed by atoms with E-state index in [0.29, 0.717) is 21.8 Å². The fraction of sp³-hybridized carbons (Fsp3) is 0.176. The highest BCUT2D eigenvalue weighted by atomic mass is 32.2. The number of hydrogen-bond acceptors (Lipinski definition) is 8. The predicted octanol–water partition coefficient (Wildman–Crippen LogP) is 2.64. The van der Waals surface area contributed by atoms with E-state index in [1.807, 2.05) is 17.5 Å². The van der Waals surface area contributed by atoms with Crippen molar-refractivity contribution in [3.63, 3.8) is 0 Å². The molecule has 2 heterocycles. The van der Waals surface area contributed by atoms with Crippen LogP contribution in [0.2, 0.25) is 0 Å². The second kappa shape index (κ2) is 8.69. The van der Waals surface area contributed by atoms with E-state index in [0.717, 1.165) is 23.0 Å². The highest BCUT2D eigenvalue weighted by molar-refractivity contribution is 7.99. The summed E-state index contributed by atoms with van der Waals surface area (Å²) in [6.45, 7) is 0. The summed E-state index contributed by atoms with van der Waals surface area (Å²) in [5.74, 6) is 1.11. The molecule has 0 aliphatic rings. The average molecular weight is 404 g/mol. The molecule has 1 aromatic carbocycles. The Hall–Kier alpha value is -2.85. The first-order chi connectivity index (χ1) is 13.1. The van der Waals surface area contributed by atoms with Crippen molar-refractivity contribution in [1.82, 2.24) is 15.0 Å². The lowest BCUT2D eigenvalue weighted by molar-refractivity contribution is -0.113. The molecule has 0 aliphatic carbocycles. The van der Waals surface area contributed by atoms with Gasteiger partial charge in [-0.1, -0.05) is 11.8 Å². The van der Waals surface area contributed by atoms with Gasteiger partial charge in [-0.2, -0.15) is 0 Å². The molecule has 3 rings (SSSR count). The third-order valence-electron chi connectivity index (χ3n) is 3.42. The van der Waals surface area contributed by atoms with Crippen LogP contribution in [0.25, 0.3) is 11.3 Å². The number of benzene rings is 1. The summed E-state index contributed by atoms with van der Waals surface area (Å²) in [7, 11) is 3.15. The molecular weight excluding hydrogens is 388 g/mol. The van der Waals surface area contributed by atoms with Crippen LogP contribution >= 0.6 is 23.1 Å². The van der Waals surface area contributed by atoms with E-state index in [9.17, 15) is 9.59 Å². The Kier molecular flexibility index (Phi) is 6.09. The summed E-state index contributed by atoms with van der Waals surface area (Å²) in [5, 5.41) is 5.46. The van der Waals surface area contributed by atoms with Crippen molar-refractivity contribution in [2.45, 2.75) is 5.16 Å². The zero-order valence-corrected chi connectivity index (χ0v) is 16.1. The second-order valence-electron chi connectivity index (χ2n) is 5.18. The molecule has 0 atom stereocenters. The summed E-state index contributed by atoms with van der Waals surface area (Å²) < 4.78 is 10.5. The largest absolute Gasteiger partial charge is 0.493 e. The normalized spacial score (nSPS) is 10.4. The molecule has 8 nitrogen and oxygen atoms in total. The third kappa shape index (κ3) is 4.86. The molecule has 10 heteroatoms. The second-order valence-corrected chi connectivity index (χ2v) is 7.01. The highest BCUT2D eigenvalue weighted by Gasteiger charge is 2.11. The summed E-state index contributed by atoms with van der Waals surface area (Å²) in [6.07, 6.45) is 1.40. The lowest BCUT2D eigenvalue weighted by Gasteiger charge is -2.08. The summed E-state index contributed by atoms with van der Waals surface area (Å²) >= 11 is 2.46. The first-order valence-electron chi connectivity index (χ1n) is 7.75. The van der Waals surface area contributed by atoms with Gasteiger partial charge in [0.05, 0.1) is 25.7 Å². The minimum atomic E-state index is -0.257. The fourth-order valence-electron chi connectivity index (χ4n) is 2.17. The van der Waals surface area contributed by atoms with E-state index >= 15 is 0 Å². The number of nitrogens with zero attached hydrogens (tertiary/aromatic N) is 2. The topological polar surface area (TPSA) is 106 Å². The van der Waals surface area contributed by atoms with E-state index in [1.54, 1.807) is 20.3 Å². The number of H-pyrrole nitrogens is 1. The fourth-order valence-corrected chi connectivity index (χ4v) is 3.56. The highest BCUT2D eigenvalue weighted by Crippen LogP contribution is 2.33. The van der Waals surface area contributed by atoms with Gasteiger partial charge in [-0.05, 0) is 18.2 Å². The lowest BCUT2D eigenvalue weighted by Crippen LogP contribution is -2.15. The number of anilines is 1. The Morgan fingerprint density at radius 3 is 2.81 bits per heavy atom. The van der Waals surface area contributed by atoms with Crippen molar-refractivity contribution < 1.29 is 14.3 Å². The summed E-state index contributed by atoms with van der Waals surface area (Å²) in [5.41, 5.74) is 1.31. The van der Waals surface area contributed by atoms with E-state index in [1.165, 1.54) is 23.6 Å². The van der Waals surface area contributed by atoms with Gasteiger partial charge in [0.15, 0.2) is 21.8 Å². The quantitative estimate of drug-likeness (QED) is 0.460. The molecule has 140 valence electrons. The molecule has 0 saturated carbocycles. The molecule has 1 amide bonds. The van der Waals surface area contributed by atoms with Crippen LogP contribution in [-0.4, -0.2) is 40.8 Å². The number of thioether (sulfide) groups is 1. The van der Waals surface area contributed by atoms with Gasteiger partial charge < -0.3 is 19.8 Å². The lowest BCUT2D eigenvalue weighted by atomic mass is 10.1. The molecule has 2 aromatic heterocycles. The van der Waals surface area contributed by atoms with Crippen LogP contribution in [0.4, 0.5) is 5.13 Å². The zero-order chi connectivity index (χ0) is 19.2. The Labute approximate surface area is 163 Å². The number of hydrogen-bond donors (Lipinski definition) is 2. The SMILES string of the molecule is COc1ccc(-c2csc(NC(=O)CSc3nccc(=O)[nH]3)n2)cc1OC. The van der Waals surface area contributed by atoms with Crippen molar-refractivity contribution in [2.75, 3.05) is 25.3 Å². The van der Waals surface area contributed by atoms with E-state index in [2.05, 4.69) is 20.3 Å². The monoisotopic (exact) mass is 404 g/mol. The number of carbonyl (C=O) groups is 1. The van der Waals surface area contributed by atoms with Gasteiger partial charge in [0.25, 0.3) is 5.56 Å². The minimum Gasteiger partial charge on any atom is -0.493 e. The van der Waals surface area contributed by atoms with Crippen LogP contribution in [0.15, 0.2) is 45.8 Å². The first-order valence-corrected chi connectivity index (χ1v) is 9.61. The van der Waals surface area contributed by atoms with Crippen molar-refractivity contribution in [2.24, 2.45) is 0 Å². The number of aromatic nitrogens is 3. The van der Waals surface area contributed by atoms with Crippen molar-refractivity contribution in [1.29, 1.82) is 0 Å². The number of rotatable bonds is 7. The molecule has 0 radical (unpaired) electrons. The molecule has 0 unspecified atom stereocenters. The maximum absolute atomic E-state index is 12.1. The van der Waals surface area contributed by atoms with Crippen molar-refractivity contribution >= 4 is 34.1 Å². The molecule has 0 fully saturated rings. The van der Waals surface area contributed by atoms with Gasteiger partial charge in [-0.25, -0.2) is 9.97 Å². The molecule has 3 aromatic rings. The standard InChI is InChI=1S/C17H16N4O4S2/c1-24-12-4-3-10(7-13(12)25-2)11-8-26-17(19-11)21-15(23)9-27-16-18-6-5-14(22)20-16/h3-8H,9H2,1-2H3,(H,18,20,22)(H,19,21,23). The van der Waals surface area contributed by atoms with Gasteiger partial charge in [-0.3, -0.25) is 9.59 Å². The van der Waals surface area contributed by atoms with Crippen LogP contribution in [0.5, 0.6) is 11.5 Å². The number of thiazole rings is 1. The minimum absolute atomic E-state index is 0.109. The smallest absolute Gasteiger partial charge is 0.251 e. The molecule has 0 spiro atoms. The number of aromatic amines is 1. The molecule has 0 aliphatic heterocycles. The van der Waals surface area contributed by atoms with E-state index < -0.39 is 0 Å². The Morgan fingerprint density at radius 1 is 1.26 bits per heavy atom. The molecular formula is C17H16N4O4S2. The average Bonchev–Trinajstić information content (AvgIpc) is 3.14. The van der Waals surface area contributed by atoms with E-state index in [-0.39, 0.29) is 17.2 Å². The van der Waals surface area contributed by atoms with Crippen LogP contribution in [0, 0.1) is 0 Å². The third-order valence-corrected chi connectivity index (χ3v) is 5.06. The van der Waals surface area contributed by atoms with Crippen LogP contribution in [0.3, 0.4) is 0 Å². The van der Waals surface area contributed by atoms with Crippen molar-refractivity contribution in [3.8, 4) is 22.8 Å². The van der Waals surface area contributed by atoms with Gasteiger partial charge in [-0.15, -0.1) is 11.3 Å². The number of nitrogens with one attached hydrogen (secondary N) is 2. The number of methoxy groups -OCH3 is 2. The Balaban J connectivity index is 1.63. The first kappa shape index (κ1) is 18.9.